The van der Waals surface area contributed by atoms with Crippen LogP contribution in [-0.2, 0) is 11.2 Å². The SMILES string of the molecule is CC(Nc1cccc(OCC(F)(F)F)c1)C(=O)N1CCCc2ccccc21. The van der Waals surface area contributed by atoms with Crippen molar-refractivity contribution in [3.05, 3.63) is 54.1 Å². The molecule has 0 fully saturated rings. The Kier molecular flexibility index (Phi) is 5.58. The highest BCUT2D eigenvalue weighted by atomic mass is 19.4. The number of aryl methyl sites for hydroxylation is 1. The van der Waals surface area contributed by atoms with Gasteiger partial charge < -0.3 is 15.0 Å². The second-order valence-corrected chi connectivity index (χ2v) is 6.52. The number of nitrogens with one attached hydrogen (secondary N) is 1. The molecule has 1 amide bonds. The molecule has 144 valence electrons. The Hall–Kier alpha value is -2.70. The van der Waals surface area contributed by atoms with Crippen LogP contribution in [-0.4, -0.2) is 31.3 Å². The van der Waals surface area contributed by atoms with Gasteiger partial charge in [0.1, 0.15) is 11.8 Å². The number of halogens is 3. The number of rotatable bonds is 5. The summed E-state index contributed by atoms with van der Waals surface area (Å²) in [4.78, 5) is 14.7. The molecule has 0 spiro atoms. The van der Waals surface area contributed by atoms with Gasteiger partial charge in [-0.1, -0.05) is 24.3 Å². The number of anilines is 2. The molecule has 1 atom stereocenters. The Morgan fingerprint density at radius 3 is 2.78 bits per heavy atom. The second-order valence-electron chi connectivity index (χ2n) is 6.52. The maximum Gasteiger partial charge on any atom is 0.422 e. The van der Waals surface area contributed by atoms with Crippen molar-refractivity contribution in [1.82, 2.24) is 0 Å². The number of amides is 1. The highest BCUT2D eigenvalue weighted by Crippen LogP contribution is 2.28. The van der Waals surface area contributed by atoms with E-state index in [-0.39, 0.29) is 11.7 Å². The van der Waals surface area contributed by atoms with Gasteiger partial charge in [-0.05, 0) is 43.5 Å². The number of nitrogens with zero attached hydrogens (tertiary/aromatic N) is 1. The normalized spacial score (nSPS) is 15.0. The summed E-state index contributed by atoms with van der Waals surface area (Å²) in [6.45, 7) is 1.04. The zero-order chi connectivity index (χ0) is 19.4. The highest BCUT2D eigenvalue weighted by molar-refractivity contribution is 5.99. The summed E-state index contributed by atoms with van der Waals surface area (Å²) in [6.07, 6.45) is -2.55. The fourth-order valence-corrected chi connectivity index (χ4v) is 3.15. The van der Waals surface area contributed by atoms with Crippen molar-refractivity contribution in [2.45, 2.75) is 32.0 Å². The number of carbonyl (C=O) groups is 1. The lowest BCUT2D eigenvalue weighted by atomic mass is 10.0. The number of alkyl halides is 3. The van der Waals surface area contributed by atoms with Gasteiger partial charge in [0.2, 0.25) is 5.91 Å². The second kappa shape index (κ2) is 7.90. The lowest BCUT2D eigenvalue weighted by molar-refractivity contribution is -0.153. The lowest BCUT2D eigenvalue weighted by Crippen LogP contribution is -2.44. The summed E-state index contributed by atoms with van der Waals surface area (Å²) in [5.74, 6) is 0.0176. The van der Waals surface area contributed by atoms with Crippen molar-refractivity contribution >= 4 is 17.3 Å². The Bertz CT molecular complexity index is 808. The maximum atomic E-state index is 12.9. The molecule has 7 heteroatoms. The van der Waals surface area contributed by atoms with Crippen LogP contribution in [0.25, 0.3) is 0 Å². The van der Waals surface area contributed by atoms with E-state index < -0.39 is 18.8 Å². The molecular weight excluding hydrogens is 357 g/mol. The Balaban J connectivity index is 1.67. The first kappa shape index (κ1) is 19.1. The highest BCUT2D eigenvalue weighted by Gasteiger charge is 2.29. The summed E-state index contributed by atoms with van der Waals surface area (Å²) in [5.41, 5.74) is 2.59. The van der Waals surface area contributed by atoms with Crippen molar-refractivity contribution in [2.75, 3.05) is 23.4 Å². The third kappa shape index (κ3) is 4.93. The van der Waals surface area contributed by atoms with Crippen LogP contribution in [0.4, 0.5) is 24.5 Å². The first-order chi connectivity index (χ1) is 12.8. The van der Waals surface area contributed by atoms with Gasteiger partial charge in [0, 0.05) is 24.0 Å². The molecule has 0 radical (unpaired) electrons. The molecule has 0 saturated heterocycles. The van der Waals surface area contributed by atoms with Crippen LogP contribution in [0.15, 0.2) is 48.5 Å². The minimum absolute atomic E-state index is 0.0798. The fraction of sp³-hybridized carbons (Fsp3) is 0.350. The van der Waals surface area contributed by atoms with E-state index in [9.17, 15) is 18.0 Å². The van der Waals surface area contributed by atoms with E-state index in [1.807, 2.05) is 24.3 Å². The molecule has 0 aromatic heterocycles. The monoisotopic (exact) mass is 378 g/mol. The Labute approximate surface area is 155 Å². The zero-order valence-electron chi connectivity index (χ0n) is 14.9. The minimum Gasteiger partial charge on any atom is -0.484 e. The van der Waals surface area contributed by atoms with E-state index in [4.69, 9.17) is 4.74 Å². The molecule has 0 aliphatic carbocycles. The molecule has 1 aliphatic rings. The van der Waals surface area contributed by atoms with Gasteiger partial charge >= 0.3 is 6.18 Å². The van der Waals surface area contributed by atoms with Crippen LogP contribution in [0.1, 0.15) is 18.9 Å². The Morgan fingerprint density at radius 1 is 1.22 bits per heavy atom. The summed E-state index contributed by atoms with van der Waals surface area (Å²) in [7, 11) is 0. The van der Waals surface area contributed by atoms with Crippen LogP contribution in [0.5, 0.6) is 5.75 Å². The third-order valence-electron chi connectivity index (χ3n) is 4.37. The van der Waals surface area contributed by atoms with Gasteiger partial charge in [-0.15, -0.1) is 0 Å². The van der Waals surface area contributed by atoms with Crippen LogP contribution in [0.3, 0.4) is 0 Å². The smallest absolute Gasteiger partial charge is 0.422 e. The van der Waals surface area contributed by atoms with Crippen molar-refractivity contribution < 1.29 is 22.7 Å². The predicted molar refractivity (Wildman–Crippen MR) is 98.2 cm³/mol. The number of para-hydroxylation sites is 1. The molecule has 0 bridgehead atoms. The van der Waals surface area contributed by atoms with E-state index in [0.29, 0.717) is 12.2 Å². The van der Waals surface area contributed by atoms with Crippen molar-refractivity contribution in [2.24, 2.45) is 0 Å². The first-order valence-electron chi connectivity index (χ1n) is 8.79. The Morgan fingerprint density at radius 2 is 2.00 bits per heavy atom. The number of hydrogen-bond donors (Lipinski definition) is 1. The first-order valence-corrected chi connectivity index (χ1v) is 8.79. The molecular formula is C20H21F3N2O2. The van der Waals surface area contributed by atoms with Crippen molar-refractivity contribution in [1.29, 1.82) is 0 Å². The molecule has 4 nitrogen and oxygen atoms in total. The fourth-order valence-electron chi connectivity index (χ4n) is 3.15. The number of hydrogen-bond acceptors (Lipinski definition) is 3. The van der Waals surface area contributed by atoms with Crippen molar-refractivity contribution in [3.8, 4) is 5.75 Å². The number of benzene rings is 2. The zero-order valence-corrected chi connectivity index (χ0v) is 14.9. The maximum absolute atomic E-state index is 12.9. The lowest BCUT2D eigenvalue weighted by Gasteiger charge is -2.32. The van der Waals surface area contributed by atoms with E-state index in [1.165, 1.54) is 12.1 Å². The van der Waals surface area contributed by atoms with Crippen LogP contribution in [0, 0.1) is 0 Å². The molecule has 1 unspecified atom stereocenters. The standard InChI is InChI=1S/C20H21F3N2O2/c1-14(19(26)25-11-5-7-15-6-2-3-10-18(15)25)24-16-8-4-9-17(12-16)27-13-20(21,22)23/h2-4,6,8-10,12,14,24H,5,7,11,13H2,1H3. The van der Waals surface area contributed by atoms with Gasteiger partial charge in [-0.2, -0.15) is 13.2 Å². The number of carbonyl (C=O) groups excluding carboxylic acids is 1. The van der Waals surface area contributed by atoms with Crippen LogP contribution < -0.4 is 15.0 Å². The number of fused-ring (bicyclic) bond motifs is 1. The summed E-state index contributed by atoms with van der Waals surface area (Å²) >= 11 is 0. The largest absolute Gasteiger partial charge is 0.484 e. The molecule has 0 saturated carbocycles. The van der Waals surface area contributed by atoms with E-state index in [0.717, 1.165) is 24.1 Å². The van der Waals surface area contributed by atoms with Crippen LogP contribution >= 0.6 is 0 Å². The summed E-state index contributed by atoms with van der Waals surface area (Å²) < 4.78 is 41.6. The van der Waals surface area contributed by atoms with E-state index in [1.54, 1.807) is 24.0 Å². The van der Waals surface area contributed by atoms with E-state index >= 15 is 0 Å². The van der Waals surface area contributed by atoms with Gasteiger partial charge in [0.15, 0.2) is 6.61 Å². The topological polar surface area (TPSA) is 41.6 Å². The van der Waals surface area contributed by atoms with Crippen molar-refractivity contribution in [3.63, 3.8) is 0 Å². The number of ether oxygens (including phenoxy) is 1. The molecule has 3 rings (SSSR count). The van der Waals surface area contributed by atoms with E-state index in [2.05, 4.69) is 5.32 Å². The molecule has 27 heavy (non-hydrogen) atoms. The third-order valence-corrected chi connectivity index (χ3v) is 4.37. The van der Waals surface area contributed by atoms with Gasteiger partial charge in [0.05, 0.1) is 0 Å². The quantitative estimate of drug-likeness (QED) is 0.838. The minimum atomic E-state index is -4.39. The van der Waals surface area contributed by atoms with Gasteiger partial charge in [0.25, 0.3) is 0 Å². The predicted octanol–water partition coefficient (Wildman–Crippen LogP) is 4.41. The molecule has 1 heterocycles. The molecule has 1 aliphatic heterocycles. The molecule has 1 N–H and O–H groups in total. The molecule has 2 aromatic carbocycles. The van der Waals surface area contributed by atoms with Crippen LogP contribution in [0.2, 0.25) is 0 Å². The van der Waals surface area contributed by atoms with Gasteiger partial charge in [-0.25, -0.2) is 0 Å². The average Bonchev–Trinajstić information content (AvgIpc) is 2.65. The average molecular weight is 378 g/mol. The molecule has 2 aromatic rings. The van der Waals surface area contributed by atoms with Gasteiger partial charge in [-0.3, -0.25) is 4.79 Å². The summed E-state index contributed by atoms with van der Waals surface area (Å²) in [6, 6.07) is 13.5. The summed E-state index contributed by atoms with van der Waals surface area (Å²) in [5, 5.41) is 3.05.